The SMILES string of the molecule is c1ccc(OCc2c(C3OCCO3)ccc3ccccc23)cc1. The second-order valence-corrected chi connectivity index (χ2v) is 5.53. The van der Waals surface area contributed by atoms with Crippen molar-refractivity contribution in [2.75, 3.05) is 13.2 Å². The van der Waals surface area contributed by atoms with Crippen molar-refractivity contribution in [3.05, 3.63) is 77.9 Å². The Kier molecular flexibility index (Phi) is 3.97. The maximum atomic E-state index is 5.99. The molecule has 3 aromatic carbocycles. The predicted molar refractivity (Wildman–Crippen MR) is 89.4 cm³/mol. The van der Waals surface area contributed by atoms with Crippen LogP contribution in [0.15, 0.2) is 66.7 Å². The molecule has 1 heterocycles. The van der Waals surface area contributed by atoms with Crippen LogP contribution in [-0.2, 0) is 16.1 Å². The molecule has 0 bridgehead atoms. The monoisotopic (exact) mass is 306 g/mol. The van der Waals surface area contributed by atoms with Gasteiger partial charge in [-0.05, 0) is 22.9 Å². The normalized spacial score (nSPS) is 15.1. The first kappa shape index (κ1) is 14.2. The lowest BCUT2D eigenvalue weighted by molar-refractivity contribution is -0.0450. The molecule has 0 radical (unpaired) electrons. The third kappa shape index (κ3) is 2.93. The van der Waals surface area contributed by atoms with E-state index < -0.39 is 0 Å². The molecule has 0 aliphatic carbocycles. The van der Waals surface area contributed by atoms with E-state index >= 15 is 0 Å². The van der Waals surface area contributed by atoms with Gasteiger partial charge in [-0.1, -0.05) is 54.6 Å². The fourth-order valence-electron chi connectivity index (χ4n) is 2.94. The van der Waals surface area contributed by atoms with Crippen LogP contribution < -0.4 is 4.74 Å². The zero-order valence-electron chi connectivity index (χ0n) is 12.8. The van der Waals surface area contributed by atoms with Crippen LogP contribution in [0.25, 0.3) is 10.8 Å². The van der Waals surface area contributed by atoms with Crippen LogP contribution in [0.3, 0.4) is 0 Å². The first-order valence-corrected chi connectivity index (χ1v) is 7.83. The summed E-state index contributed by atoms with van der Waals surface area (Å²) < 4.78 is 17.4. The van der Waals surface area contributed by atoms with Gasteiger partial charge in [-0.15, -0.1) is 0 Å². The van der Waals surface area contributed by atoms with Gasteiger partial charge in [-0.25, -0.2) is 0 Å². The van der Waals surface area contributed by atoms with Crippen molar-refractivity contribution in [3.63, 3.8) is 0 Å². The fraction of sp³-hybridized carbons (Fsp3) is 0.200. The Balaban J connectivity index is 1.73. The minimum absolute atomic E-state index is 0.297. The fourth-order valence-corrected chi connectivity index (χ4v) is 2.94. The molecule has 0 N–H and O–H groups in total. The molecule has 0 unspecified atom stereocenters. The number of fused-ring (bicyclic) bond motifs is 1. The maximum Gasteiger partial charge on any atom is 0.184 e. The number of hydrogen-bond donors (Lipinski definition) is 0. The summed E-state index contributed by atoms with van der Waals surface area (Å²) in [6.45, 7) is 1.76. The average molecular weight is 306 g/mol. The molecule has 1 fully saturated rings. The highest BCUT2D eigenvalue weighted by molar-refractivity contribution is 5.86. The summed E-state index contributed by atoms with van der Waals surface area (Å²) in [4.78, 5) is 0. The van der Waals surface area contributed by atoms with Crippen molar-refractivity contribution in [2.45, 2.75) is 12.9 Å². The molecule has 3 heteroatoms. The van der Waals surface area contributed by atoms with E-state index in [0.29, 0.717) is 19.8 Å². The lowest BCUT2D eigenvalue weighted by Gasteiger charge is -2.17. The van der Waals surface area contributed by atoms with Gasteiger partial charge >= 0.3 is 0 Å². The number of rotatable bonds is 4. The molecule has 3 nitrogen and oxygen atoms in total. The Labute approximate surface area is 135 Å². The topological polar surface area (TPSA) is 27.7 Å². The van der Waals surface area contributed by atoms with Crippen molar-refractivity contribution in [1.29, 1.82) is 0 Å². The minimum atomic E-state index is -0.297. The summed E-state index contributed by atoms with van der Waals surface area (Å²) in [6, 6.07) is 22.4. The van der Waals surface area contributed by atoms with Crippen LogP contribution >= 0.6 is 0 Å². The van der Waals surface area contributed by atoms with E-state index in [1.54, 1.807) is 0 Å². The van der Waals surface area contributed by atoms with Crippen LogP contribution in [0, 0.1) is 0 Å². The first-order valence-electron chi connectivity index (χ1n) is 7.83. The number of para-hydroxylation sites is 1. The van der Waals surface area contributed by atoms with Gasteiger partial charge in [0.1, 0.15) is 12.4 Å². The van der Waals surface area contributed by atoms with Gasteiger partial charge in [0, 0.05) is 11.1 Å². The van der Waals surface area contributed by atoms with E-state index in [1.807, 2.05) is 36.4 Å². The molecular formula is C20H18O3. The zero-order chi connectivity index (χ0) is 15.5. The van der Waals surface area contributed by atoms with Gasteiger partial charge in [0.25, 0.3) is 0 Å². The largest absolute Gasteiger partial charge is 0.489 e. The smallest absolute Gasteiger partial charge is 0.184 e. The first-order chi connectivity index (χ1) is 11.4. The molecule has 0 atom stereocenters. The van der Waals surface area contributed by atoms with Crippen LogP contribution in [0.4, 0.5) is 0 Å². The van der Waals surface area contributed by atoms with E-state index in [4.69, 9.17) is 14.2 Å². The molecule has 1 aliphatic heterocycles. The highest BCUT2D eigenvalue weighted by atomic mass is 16.7. The summed E-state index contributed by atoms with van der Waals surface area (Å²) in [7, 11) is 0. The Hall–Kier alpha value is -2.36. The number of benzene rings is 3. The van der Waals surface area contributed by atoms with E-state index in [9.17, 15) is 0 Å². The zero-order valence-corrected chi connectivity index (χ0v) is 12.8. The molecule has 0 aromatic heterocycles. The number of hydrogen-bond acceptors (Lipinski definition) is 3. The minimum Gasteiger partial charge on any atom is -0.489 e. The molecule has 0 saturated carbocycles. The van der Waals surface area contributed by atoms with Crippen molar-refractivity contribution in [3.8, 4) is 5.75 Å². The average Bonchev–Trinajstić information content (AvgIpc) is 3.15. The highest BCUT2D eigenvalue weighted by Gasteiger charge is 2.22. The third-order valence-electron chi connectivity index (χ3n) is 4.08. The second kappa shape index (κ2) is 6.41. The lowest BCUT2D eigenvalue weighted by atomic mass is 9.99. The van der Waals surface area contributed by atoms with Crippen molar-refractivity contribution in [2.24, 2.45) is 0 Å². The third-order valence-corrected chi connectivity index (χ3v) is 4.08. The van der Waals surface area contributed by atoms with E-state index in [0.717, 1.165) is 16.9 Å². The molecule has 3 aromatic rings. The number of ether oxygens (including phenoxy) is 3. The van der Waals surface area contributed by atoms with Gasteiger partial charge < -0.3 is 14.2 Å². The quantitative estimate of drug-likeness (QED) is 0.712. The molecule has 116 valence electrons. The summed E-state index contributed by atoms with van der Waals surface area (Å²) in [5.74, 6) is 0.861. The highest BCUT2D eigenvalue weighted by Crippen LogP contribution is 2.32. The van der Waals surface area contributed by atoms with Crippen molar-refractivity contribution < 1.29 is 14.2 Å². The maximum absolute atomic E-state index is 5.99. The van der Waals surface area contributed by atoms with Gasteiger partial charge in [0.05, 0.1) is 13.2 Å². The molecule has 4 rings (SSSR count). The summed E-state index contributed by atoms with van der Waals surface area (Å²) in [6.07, 6.45) is -0.297. The standard InChI is InChI=1S/C20H18O3/c1-2-7-16(8-3-1)23-14-19-17-9-5-4-6-15(17)10-11-18(19)20-21-12-13-22-20/h1-11,20H,12-14H2. The lowest BCUT2D eigenvalue weighted by Crippen LogP contribution is -2.07. The second-order valence-electron chi connectivity index (χ2n) is 5.53. The predicted octanol–water partition coefficient (Wildman–Crippen LogP) is 4.46. The molecule has 23 heavy (non-hydrogen) atoms. The Morgan fingerprint density at radius 1 is 0.826 bits per heavy atom. The summed E-state index contributed by atoms with van der Waals surface area (Å²) >= 11 is 0. The Bertz CT molecular complexity index is 792. The van der Waals surface area contributed by atoms with Crippen LogP contribution in [-0.4, -0.2) is 13.2 Å². The Morgan fingerprint density at radius 3 is 2.39 bits per heavy atom. The van der Waals surface area contributed by atoms with Crippen LogP contribution in [0.2, 0.25) is 0 Å². The van der Waals surface area contributed by atoms with Gasteiger partial charge in [-0.3, -0.25) is 0 Å². The molecule has 1 aliphatic rings. The molecule has 0 amide bonds. The molecule has 0 spiro atoms. The van der Waals surface area contributed by atoms with Gasteiger partial charge in [-0.2, -0.15) is 0 Å². The van der Waals surface area contributed by atoms with Crippen LogP contribution in [0.5, 0.6) is 5.75 Å². The summed E-state index contributed by atoms with van der Waals surface area (Å²) in [5.41, 5.74) is 2.18. The molecular weight excluding hydrogens is 288 g/mol. The van der Waals surface area contributed by atoms with Crippen molar-refractivity contribution in [1.82, 2.24) is 0 Å². The van der Waals surface area contributed by atoms with Crippen LogP contribution in [0.1, 0.15) is 17.4 Å². The van der Waals surface area contributed by atoms with E-state index in [2.05, 4.69) is 30.3 Å². The van der Waals surface area contributed by atoms with E-state index in [1.165, 1.54) is 10.8 Å². The molecule has 1 saturated heterocycles. The van der Waals surface area contributed by atoms with E-state index in [-0.39, 0.29) is 6.29 Å². The Morgan fingerprint density at radius 2 is 1.57 bits per heavy atom. The van der Waals surface area contributed by atoms with Gasteiger partial charge in [0.15, 0.2) is 6.29 Å². The van der Waals surface area contributed by atoms with Gasteiger partial charge in [0.2, 0.25) is 0 Å². The van der Waals surface area contributed by atoms with Crippen molar-refractivity contribution >= 4 is 10.8 Å². The summed E-state index contributed by atoms with van der Waals surface area (Å²) in [5, 5.41) is 2.38.